The molecule has 1 aromatic heterocycles. The topological polar surface area (TPSA) is 25.2 Å². The first-order valence-corrected chi connectivity index (χ1v) is 15.6. The number of hydrogen-bond donors (Lipinski definition) is 1. The van der Waals surface area contributed by atoms with Gasteiger partial charge < -0.3 is 9.67 Å². The molecule has 0 unspecified atom stereocenters. The molecule has 2 nitrogen and oxygen atoms in total. The Kier molecular flexibility index (Phi) is 7.55. The van der Waals surface area contributed by atoms with Crippen molar-refractivity contribution in [3.8, 4) is 22.6 Å². The summed E-state index contributed by atoms with van der Waals surface area (Å²) in [7, 11) is 0. The lowest BCUT2D eigenvalue weighted by molar-refractivity contribution is 0.284. The van der Waals surface area contributed by atoms with Gasteiger partial charge in [-0.2, -0.15) is 0 Å². The molecular formula is C40H47F2NO. The van der Waals surface area contributed by atoms with Crippen molar-refractivity contribution in [3.63, 3.8) is 0 Å². The van der Waals surface area contributed by atoms with E-state index in [4.69, 9.17) is 0 Å². The summed E-state index contributed by atoms with van der Waals surface area (Å²) in [6, 6.07) is 20.5. The summed E-state index contributed by atoms with van der Waals surface area (Å²) < 4.78 is 33.5. The molecular weight excluding hydrogens is 548 g/mol. The number of rotatable bonds is 4. The van der Waals surface area contributed by atoms with Crippen LogP contribution in [0.5, 0.6) is 5.75 Å². The molecule has 0 saturated carbocycles. The summed E-state index contributed by atoms with van der Waals surface area (Å²) in [6.07, 6.45) is 0.895. The predicted octanol–water partition coefficient (Wildman–Crippen LogP) is 11.7. The Labute approximate surface area is 261 Å². The number of phenols is 1. The van der Waals surface area contributed by atoms with Gasteiger partial charge in [0.2, 0.25) is 0 Å². The highest BCUT2D eigenvalue weighted by Crippen LogP contribution is 2.44. The third-order valence-corrected chi connectivity index (χ3v) is 8.79. The van der Waals surface area contributed by atoms with Gasteiger partial charge in [0.15, 0.2) is 5.82 Å². The van der Waals surface area contributed by atoms with Crippen molar-refractivity contribution < 1.29 is 13.9 Å². The minimum atomic E-state index is -0.688. The van der Waals surface area contributed by atoms with Gasteiger partial charge in [-0.3, -0.25) is 0 Å². The van der Waals surface area contributed by atoms with E-state index in [1.807, 2.05) is 16.7 Å². The normalized spacial score (nSPS) is 13.3. The van der Waals surface area contributed by atoms with Crippen LogP contribution in [-0.4, -0.2) is 9.67 Å². The lowest BCUT2D eigenvalue weighted by atomic mass is 9.72. The van der Waals surface area contributed by atoms with Gasteiger partial charge in [0.1, 0.15) is 11.6 Å². The van der Waals surface area contributed by atoms with Crippen LogP contribution in [0.25, 0.3) is 38.6 Å². The van der Waals surface area contributed by atoms with Gasteiger partial charge in [-0.25, -0.2) is 8.78 Å². The molecule has 0 bridgehead atoms. The minimum absolute atomic E-state index is 0.0157. The number of benzene rings is 4. The van der Waals surface area contributed by atoms with Crippen molar-refractivity contribution in [3.05, 3.63) is 95.1 Å². The number of hydrogen-bond acceptors (Lipinski definition) is 1. The number of phenolic OH excluding ortho intramolecular Hbond substituents is 1. The molecule has 0 aliphatic rings. The van der Waals surface area contributed by atoms with E-state index < -0.39 is 11.6 Å². The number of aromatic hydroxyl groups is 1. The molecule has 1 heterocycles. The summed E-state index contributed by atoms with van der Waals surface area (Å²) in [5, 5.41) is 13.3. The largest absolute Gasteiger partial charge is 0.507 e. The summed E-state index contributed by atoms with van der Waals surface area (Å²) in [5.74, 6) is -1.38. The highest BCUT2D eigenvalue weighted by Gasteiger charge is 2.30. The molecule has 1 N–H and O–H groups in total. The second kappa shape index (κ2) is 10.5. The van der Waals surface area contributed by atoms with Gasteiger partial charge >= 0.3 is 0 Å². The average molecular weight is 596 g/mol. The SMILES string of the molecule is CC(C)(C)CC(C)(C)c1ccc(O)c(-c2cc(F)cc(F)c2-n2c3cc(C(C)(C)C)ccc3c3ccc(C(C)(C)C)cc32)c1. The first-order chi connectivity index (χ1) is 20.2. The second-order valence-corrected chi connectivity index (χ2v) is 16.4. The second-order valence-electron chi connectivity index (χ2n) is 16.4. The first-order valence-electron chi connectivity index (χ1n) is 15.6. The molecule has 0 fully saturated rings. The maximum absolute atomic E-state index is 16.4. The molecule has 0 radical (unpaired) electrons. The Morgan fingerprint density at radius 1 is 0.591 bits per heavy atom. The van der Waals surface area contributed by atoms with Crippen LogP contribution in [-0.2, 0) is 16.2 Å². The van der Waals surface area contributed by atoms with Crippen molar-refractivity contribution in [2.45, 2.75) is 98.8 Å². The van der Waals surface area contributed by atoms with Gasteiger partial charge in [-0.15, -0.1) is 0 Å². The zero-order valence-corrected chi connectivity index (χ0v) is 28.2. The fourth-order valence-electron chi connectivity index (χ4n) is 6.79. The summed E-state index contributed by atoms with van der Waals surface area (Å²) in [4.78, 5) is 0. The van der Waals surface area contributed by atoms with Crippen LogP contribution in [0.1, 0.15) is 99.3 Å². The monoisotopic (exact) mass is 595 g/mol. The molecule has 0 amide bonds. The first kappa shape index (κ1) is 31.8. The Hall–Kier alpha value is -3.66. The minimum Gasteiger partial charge on any atom is -0.507 e. The number of fused-ring (bicyclic) bond motifs is 3. The molecule has 0 aliphatic carbocycles. The molecule has 44 heavy (non-hydrogen) atoms. The quantitative estimate of drug-likeness (QED) is 0.220. The van der Waals surface area contributed by atoms with Crippen molar-refractivity contribution in [1.82, 2.24) is 4.57 Å². The Morgan fingerprint density at radius 3 is 1.57 bits per heavy atom. The van der Waals surface area contributed by atoms with Crippen LogP contribution < -0.4 is 0 Å². The number of aromatic nitrogens is 1. The number of nitrogens with zero attached hydrogens (tertiary/aromatic N) is 1. The maximum atomic E-state index is 16.4. The fourth-order valence-corrected chi connectivity index (χ4v) is 6.79. The highest BCUT2D eigenvalue weighted by atomic mass is 19.1. The van der Waals surface area contributed by atoms with Crippen LogP contribution in [0.15, 0.2) is 66.7 Å². The highest BCUT2D eigenvalue weighted by molar-refractivity contribution is 6.10. The third-order valence-electron chi connectivity index (χ3n) is 8.79. The standard InChI is InChI=1S/C40H47F2NO/c1-37(2,3)23-40(10,11)26-14-17-35(44)30(18-26)31-21-27(41)22-32(42)36(31)43-33-19-24(38(4,5)6)12-15-28(33)29-16-13-25(20-34(29)43)39(7,8)9/h12-22,44H,23H2,1-11H3. The average Bonchev–Trinajstić information content (AvgIpc) is 3.19. The van der Waals surface area contributed by atoms with E-state index in [0.29, 0.717) is 11.1 Å². The van der Waals surface area contributed by atoms with Crippen LogP contribution in [0.3, 0.4) is 0 Å². The summed E-state index contributed by atoms with van der Waals surface area (Å²) in [6.45, 7) is 23.9. The van der Waals surface area contributed by atoms with E-state index >= 15 is 8.78 Å². The zero-order chi connectivity index (χ0) is 32.6. The Balaban J connectivity index is 1.91. The molecule has 5 rings (SSSR count). The summed E-state index contributed by atoms with van der Waals surface area (Å²) in [5.41, 5.74) is 5.42. The molecule has 0 spiro atoms. The van der Waals surface area contributed by atoms with Gasteiger partial charge in [0.05, 0.1) is 16.7 Å². The van der Waals surface area contributed by atoms with E-state index in [1.54, 1.807) is 6.07 Å². The summed E-state index contributed by atoms with van der Waals surface area (Å²) >= 11 is 0. The van der Waals surface area contributed by atoms with Crippen LogP contribution in [0.4, 0.5) is 8.78 Å². The lowest BCUT2D eigenvalue weighted by Crippen LogP contribution is -2.24. The van der Waals surface area contributed by atoms with E-state index in [-0.39, 0.29) is 33.1 Å². The van der Waals surface area contributed by atoms with Crippen LogP contribution >= 0.6 is 0 Å². The van der Waals surface area contributed by atoms with Gasteiger partial charge in [0, 0.05) is 28.0 Å². The van der Waals surface area contributed by atoms with Crippen LogP contribution in [0, 0.1) is 17.0 Å². The third kappa shape index (κ3) is 5.88. The van der Waals surface area contributed by atoms with Crippen molar-refractivity contribution >= 4 is 21.8 Å². The molecule has 5 aromatic rings. The molecule has 4 heteroatoms. The smallest absolute Gasteiger partial charge is 0.150 e. The molecule has 0 saturated heterocycles. The van der Waals surface area contributed by atoms with E-state index in [2.05, 4.69) is 113 Å². The van der Waals surface area contributed by atoms with E-state index in [9.17, 15) is 5.11 Å². The molecule has 0 atom stereocenters. The Morgan fingerprint density at radius 2 is 1.09 bits per heavy atom. The van der Waals surface area contributed by atoms with Gasteiger partial charge in [0.25, 0.3) is 0 Å². The number of halogens is 2. The molecule has 232 valence electrons. The van der Waals surface area contributed by atoms with Gasteiger partial charge in [-0.1, -0.05) is 106 Å². The Bertz CT molecular complexity index is 1820. The molecule has 4 aromatic carbocycles. The van der Waals surface area contributed by atoms with Gasteiger partial charge in [-0.05, 0) is 75.1 Å². The predicted molar refractivity (Wildman–Crippen MR) is 182 cm³/mol. The van der Waals surface area contributed by atoms with E-state index in [0.717, 1.165) is 51.0 Å². The van der Waals surface area contributed by atoms with E-state index in [1.165, 1.54) is 6.07 Å². The van der Waals surface area contributed by atoms with Crippen molar-refractivity contribution in [1.29, 1.82) is 0 Å². The van der Waals surface area contributed by atoms with Crippen molar-refractivity contribution in [2.75, 3.05) is 0 Å². The van der Waals surface area contributed by atoms with Crippen LogP contribution in [0.2, 0.25) is 0 Å². The maximum Gasteiger partial charge on any atom is 0.150 e. The zero-order valence-electron chi connectivity index (χ0n) is 28.2. The fraction of sp³-hybridized carbons (Fsp3) is 0.400. The van der Waals surface area contributed by atoms with Crippen molar-refractivity contribution in [2.24, 2.45) is 5.41 Å². The lowest BCUT2D eigenvalue weighted by Gasteiger charge is -2.33. The molecule has 0 aliphatic heterocycles.